The molecule has 0 heterocycles. The van der Waals surface area contributed by atoms with E-state index in [2.05, 4.69) is 18.2 Å². The van der Waals surface area contributed by atoms with Crippen molar-refractivity contribution in [2.24, 2.45) is 0 Å². The number of ether oxygens (including phenoxy) is 1. The Hall–Kier alpha value is -0.990. The van der Waals surface area contributed by atoms with Crippen molar-refractivity contribution >= 4 is 5.97 Å². The Morgan fingerprint density at radius 2 is 2.08 bits per heavy atom. The number of hydrogen-bond donors (Lipinski definition) is 0. The molecule has 13 heavy (non-hydrogen) atoms. The van der Waals surface area contributed by atoms with Crippen molar-refractivity contribution in [1.82, 2.24) is 4.90 Å². The van der Waals surface area contributed by atoms with E-state index < -0.39 is 0 Å². The lowest BCUT2D eigenvalue weighted by Crippen LogP contribution is -2.24. The highest BCUT2D eigenvalue weighted by Crippen LogP contribution is 2.03. The fourth-order valence-corrected chi connectivity index (χ4v) is 1.01. The third kappa shape index (κ3) is 4.55. The molecule has 0 spiro atoms. The lowest BCUT2D eigenvalue weighted by Gasteiger charge is -2.19. The lowest BCUT2D eigenvalue weighted by molar-refractivity contribution is -0.137. The normalized spacial score (nSPS) is 9.46. The second kappa shape index (κ2) is 6.52. The minimum Gasteiger partial charge on any atom is -0.464 e. The SMILES string of the molecule is C=C(C(=O)OC)N(C)CCCCC. The Bertz CT molecular complexity index is 178. The number of nitrogens with zero attached hydrogens (tertiary/aromatic N) is 1. The molecule has 0 aromatic rings. The van der Waals surface area contributed by atoms with Crippen molar-refractivity contribution < 1.29 is 9.53 Å². The summed E-state index contributed by atoms with van der Waals surface area (Å²) in [6.07, 6.45) is 3.44. The molecule has 0 saturated heterocycles. The first-order valence-electron chi connectivity index (χ1n) is 4.61. The molecule has 0 aliphatic rings. The maximum absolute atomic E-state index is 11.0. The second-order valence-corrected chi connectivity index (χ2v) is 3.07. The highest BCUT2D eigenvalue weighted by Gasteiger charge is 2.10. The molecule has 3 nitrogen and oxygen atoms in total. The predicted molar refractivity (Wildman–Crippen MR) is 53.3 cm³/mol. The number of carbonyl (C=O) groups excluding carboxylic acids is 1. The number of hydrogen-bond acceptors (Lipinski definition) is 3. The molecule has 0 unspecified atom stereocenters. The van der Waals surface area contributed by atoms with Crippen molar-refractivity contribution in [3.63, 3.8) is 0 Å². The fraction of sp³-hybridized carbons (Fsp3) is 0.700. The predicted octanol–water partition coefficient (Wildman–Crippen LogP) is 1.80. The van der Waals surface area contributed by atoms with E-state index in [4.69, 9.17) is 0 Å². The minimum absolute atomic E-state index is 0.348. The Morgan fingerprint density at radius 1 is 1.46 bits per heavy atom. The average molecular weight is 185 g/mol. The highest BCUT2D eigenvalue weighted by atomic mass is 16.5. The summed E-state index contributed by atoms with van der Waals surface area (Å²) in [6, 6.07) is 0. The first-order chi connectivity index (χ1) is 6.13. The maximum atomic E-state index is 11.0. The Kier molecular flexibility index (Phi) is 6.02. The number of unbranched alkanes of at least 4 members (excludes halogenated alkanes) is 2. The van der Waals surface area contributed by atoms with Gasteiger partial charge in [-0.1, -0.05) is 26.3 Å². The van der Waals surface area contributed by atoms with Crippen LogP contribution >= 0.6 is 0 Å². The van der Waals surface area contributed by atoms with E-state index >= 15 is 0 Å². The van der Waals surface area contributed by atoms with E-state index in [0.717, 1.165) is 13.0 Å². The topological polar surface area (TPSA) is 29.5 Å². The molecule has 0 rings (SSSR count). The largest absolute Gasteiger partial charge is 0.464 e. The van der Waals surface area contributed by atoms with Crippen LogP contribution in [0.25, 0.3) is 0 Å². The summed E-state index contributed by atoms with van der Waals surface area (Å²) >= 11 is 0. The summed E-state index contributed by atoms with van der Waals surface area (Å²) in [4.78, 5) is 12.9. The van der Waals surface area contributed by atoms with E-state index in [1.807, 2.05) is 11.9 Å². The summed E-state index contributed by atoms with van der Waals surface area (Å²) in [5, 5.41) is 0. The van der Waals surface area contributed by atoms with Crippen LogP contribution in [0.1, 0.15) is 26.2 Å². The zero-order chi connectivity index (χ0) is 10.3. The van der Waals surface area contributed by atoms with E-state index in [1.165, 1.54) is 20.0 Å². The molecule has 0 bridgehead atoms. The van der Waals surface area contributed by atoms with Crippen LogP contribution in [0.4, 0.5) is 0 Å². The molecule has 0 N–H and O–H groups in total. The molecule has 0 atom stereocenters. The highest BCUT2D eigenvalue weighted by molar-refractivity contribution is 5.86. The number of likely N-dealkylation sites (N-methyl/N-ethyl adjacent to an activating group) is 1. The van der Waals surface area contributed by atoms with Crippen molar-refractivity contribution in [2.45, 2.75) is 26.2 Å². The van der Waals surface area contributed by atoms with Gasteiger partial charge in [0.1, 0.15) is 5.70 Å². The van der Waals surface area contributed by atoms with E-state index in [0.29, 0.717) is 5.70 Å². The summed E-state index contributed by atoms with van der Waals surface area (Å²) in [5.74, 6) is -0.348. The van der Waals surface area contributed by atoms with Gasteiger partial charge in [0.05, 0.1) is 7.11 Å². The maximum Gasteiger partial charge on any atom is 0.353 e. The van der Waals surface area contributed by atoms with Gasteiger partial charge >= 0.3 is 5.97 Å². The van der Waals surface area contributed by atoms with Crippen molar-refractivity contribution in [1.29, 1.82) is 0 Å². The van der Waals surface area contributed by atoms with Gasteiger partial charge in [0.25, 0.3) is 0 Å². The third-order valence-corrected chi connectivity index (χ3v) is 1.98. The Balaban J connectivity index is 3.76. The van der Waals surface area contributed by atoms with Gasteiger partial charge in [-0.2, -0.15) is 0 Å². The van der Waals surface area contributed by atoms with Gasteiger partial charge in [-0.05, 0) is 6.42 Å². The summed E-state index contributed by atoms with van der Waals surface area (Å²) in [6.45, 7) is 6.67. The molecule has 0 amide bonds. The quantitative estimate of drug-likeness (QED) is 0.359. The van der Waals surface area contributed by atoms with Gasteiger partial charge in [-0.15, -0.1) is 0 Å². The van der Waals surface area contributed by atoms with Crippen LogP contribution in [0.15, 0.2) is 12.3 Å². The zero-order valence-electron chi connectivity index (χ0n) is 8.80. The van der Waals surface area contributed by atoms with Crippen LogP contribution < -0.4 is 0 Å². The van der Waals surface area contributed by atoms with Gasteiger partial charge in [-0.25, -0.2) is 4.79 Å². The van der Waals surface area contributed by atoms with Crippen LogP contribution in [0, 0.1) is 0 Å². The Morgan fingerprint density at radius 3 is 2.54 bits per heavy atom. The molecule has 3 heteroatoms. The van der Waals surface area contributed by atoms with Crippen LogP contribution in [-0.2, 0) is 9.53 Å². The molecule has 0 aromatic carbocycles. The van der Waals surface area contributed by atoms with Gasteiger partial charge < -0.3 is 9.64 Å². The molecule has 76 valence electrons. The van der Waals surface area contributed by atoms with Crippen molar-refractivity contribution in [3.8, 4) is 0 Å². The number of carbonyl (C=O) groups is 1. The molecule has 0 aliphatic heterocycles. The van der Waals surface area contributed by atoms with Crippen molar-refractivity contribution in [2.75, 3.05) is 20.7 Å². The standard InChI is InChI=1S/C10H19NO2/c1-5-6-7-8-11(3)9(2)10(12)13-4/h2,5-8H2,1,3-4H3. The Labute approximate surface area is 80.4 Å². The summed E-state index contributed by atoms with van der Waals surface area (Å²) in [7, 11) is 3.22. The van der Waals surface area contributed by atoms with Gasteiger partial charge in [-0.3, -0.25) is 0 Å². The fourth-order valence-electron chi connectivity index (χ4n) is 1.01. The molecular weight excluding hydrogens is 166 g/mol. The summed E-state index contributed by atoms with van der Waals surface area (Å²) < 4.78 is 4.56. The van der Waals surface area contributed by atoms with Crippen LogP contribution in [0.3, 0.4) is 0 Å². The molecular formula is C10H19NO2. The van der Waals surface area contributed by atoms with Crippen molar-refractivity contribution in [3.05, 3.63) is 12.3 Å². The molecule has 0 radical (unpaired) electrons. The summed E-state index contributed by atoms with van der Waals surface area (Å²) in [5.41, 5.74) is 0.429. The average Bonchev–Trinajstić information content (AvgIpc) is 2.15. The van der Waals surface area contributed by atoms with Crippen LogP contribution in [0.5, 0.6) is 0 Å². The van der Waals surface area contributed by atoms with E-state index in [9.17, 15) is 4.79 Å². The molecule has 0 aliphatic carbocycles. The smallest absolute Gasteiger partial charge is 0.353 e. The minimum atomic E-state index is -0.348. The van der Waals surface area contributed by atoms with Crippen LogP contribution in [0.2, 0.25) is 0 Å². The molecule has 0 aromatic heterocycles. The second-order valence-electron chi connectivity index (χ2n) is 3.07. The van der Waals surface area contributed by atoms with Gasteiger partial charge in [0, 0.05) is 13.6 Å². The monoisotopic (exact) mass is 185 g/mol. The lowest BCUT2D eigenvalue weighted by atomic mass is 10.2. The number of methoxy groups -OCH3 is 1. The van der Waals surface area contributed by atoms with E-state index in [1.54, 1.807) is 0 Å². The van der Waals surface area contributed by atoms with Gasteiger partial charge in [0.15, 0.2) is 0 Å². The first kappa shape index (κ1) is 12.0. The molecule has 0 fully saturated rings. The van der Waals surface area contributed by atoms with E-state index in [-0.39, 0.29) is 5.97 Å². The molecule has 0 saturated carbocycles. The van der Waals surface area contributed by atoms with Crippen LogP contribution in [-0.4, -0.2) is 31.6 Å². The zero-order valence-corrected chi connectivity index (χ0v) is 8.80. The number of esters is 1. The third-order valence-electron chi connectivity index (χ3n) is 1.98. The van der Waals surface area contributed by atoms with Gasteiger partial charge in [0.2, 0.25) is 0 Å². The first-order valence-corrected chi connectivity index (χ1v) is 4.61. The number of rotatable bonds is 6.